The summed E-state index contributed by atoms with van der Waals surface area (Å²) in [6, 6.07) is 12.5. The number of allylic oxidation sites excluding steroid dienone is 2. The first kappa shape index (κ1) is 13.0. The van der Waals surface area contributed by atoms with Gasteiger partial charge < -0.3 is 25.3 Å². The van der Waals surface area contributed by atoms with E-state index in [1.807, 2.05) is 30.3 Å². The molecule has 0 amide bonds. The van der Waals surface area contributed by atoms with Crippen molar-refractivity contribution in [3.63, 3.8) is 0 Å². The summed E-state index contributed by atoms with van der Waals surface area (Å²) in [6.45, 7) is 9.44. The molecule has 0 saturated carbocycles. The Hall–Kier alpha value is -0.677. The SMILES string of the molecule is [CH-]=CC=[CH-].[Rh+3].[c-]1ccccc1. The van der Waals surface area contributed by atoms with E-state index in [-0.39, 0.29) is 19.5 Å². The molecule has 0 radical (unpaired) electrons. The minimum Gasteiger partial charge on any atom is -0.394 e. The van der Waals surface area contributed by atoms with Gasteiger partial charge in [-0.25, -0.2) is 0 Å². The molecule has 1 rings (SSSR count). The maximum atomic E-state index is 4.72. The Labute approximate surface area is 81.4 Å². The molecule has 1 aromatic carbocycles. The molecule has 58 valence electrons. The number of hydrogen-bond donors (Lipinski definition) is 0. The molecular weight excluding hydrogens is 223 g/mol. The van der Waals surface area contributed by atoms with Gasteiger partial charge in [-0.3, -0.25) is 0 Å². The first-order chi connectivity index (χ1) is 4.91. The molecule has 0 saturated heterocycles. The molecule has 0 aliphatic carbocycles. The van der Waals surface area contributed by atoms with E-state index in [1.165, 1.54) is 12.2 Å². The quantitative estimate of drug-likeness (QED) is 0.396. The van der Waals surface area contributed by atoms with Gasteiger partial charge in [0.2, 0.25) is 0 Å². The van der Waals surface area contributed by atoms with Crippen molar-refractivity contribution in [2.45, 2.75) is 0 Å². The summed E-state index contributed by atoms with van der Waals surface area (Å²) in [5.74, 6) is 0. The second-order valence-corrected chi connectivity index (χ2v) is 1.46. The van der Waals surface area contributed by atoms with Gasteiger partial charge in [0.25, 0.3) is 0 Å². The van der Waals surface area contributed by atoms with Gasteiger partial charge in [-0.15, -0.1) is 0 Å². The second kappa shape index (κ2) is 12.0. The summed E-state index contributed by atoms with van der Waals surface area (Å²) in [5.41, 5.74) is 0. The molecule has 1 aromatic rings. The van der Waals surface area contributed by atoms with Crippen LogP contribution in [0.25, 0.3) is 0 Å². The van der Waals surface area contributed by atoms with Gasteiger partial charge in [0.05, 0.1) is 0 Å². The van der Waals surface area contributed by atoms with Crippen LogP contribution in [0, 0.1) is 19.2 Å². The van der Waals surface area contributed by atoms with Gasteiger partial charge >= 0.3 is 19.5 Å². The van der Waals surface area contributed by atoms with E-state index in [0.717, 1.165) is 0 Å². The fraction of sp³-hybridized carbons (Fsp3) is 0. The van der Waals surface area contributed by atoms with Crippen molar-refractivity contribution in [2.24, 2.45) is 0 Å². The van der Waals surface area contributed by atoms with Crippen LogP contribution in [0.1, 0.15) is 0 Å². The van der Waals surface area contributed by atoms with Crippen LogP contribution in [0.5, 0.6) is 0 Å². The molecule has 0 aliphatic heterocycles. The van der Waals surface area contributed by atoms with E-state index in [9.17, 15) is 0 Å². The summed E-state index contributed by atoms with van der Waals surface area (Å²) >= 11 is 0. The van der Waals surface area contributed by atoms with Crippen LogP contribution < -0.4 is 0 Å². The van der Waals surface area contributed by atoms with Gasteiger partial charge in [0, 0.05) is 0 Å². The summed E-state index contributed by atoms with van der Waals surface area (Å²) < 4.78 is 0. The van der Waals surface area contributed by atoms with Crippen LogP contribution >= 0.6 is 0 Å². The molecule has 0 unspecified atom stereocenters. The average Bonchev–Trinajstić information content (AvgIpc) is 2.08. The van der Waals surface area contributed by atoms with E-state index in [4.69, 9.17) is 13.2 Å². The summed E-state index contributed by atoms with van der Waals surface area (Å²) in [7, 11) is 0. The maximum Gasteiger partial charge on any atom is 3.00 e. The van der Waals surface area contributed by atoms with Crippen LogP contribution in [-0.2, 0) is 19.5 Å². The van der Waals surface area contributed by atoms with Crippen LogP contribution in [0.3, 0.4) is 0 Å². The van der Waals surface area contributed by atoms with Crippen LogP contribution in [0.2, 0.25) is 0 Å². The molecule has 0 bridgehead atoms. The van der Waals surface area contributed by atoms with Crippen molar-refractivity contribution in [3.8, 4) is 0 Å². The van der Waals surface area contributed by atoms with Gasteiger partial charge in [0.1, 0.15) is 0 Å². The third-order valence-electron chi connectivity index (χ3n) is 0.718. The first-order valence-electron chi connectivity index (χ1n) is 2.91. The Morgan fingerprint density at radius 2 is 1.36 bits per heavy atom. The van der Waals surface area contributed by atoms with Crippen LogP contribution in [-0.4, -0.2) is 0 Å². The topological polar surface area (TPSA) is 0 Å². The summed E-state index contributed by atoms with van der Waals surface area (Å²) in [6.07, 6.45) is 2.56. The smallest absolute Gasteiger partial charge is 0.394 e. The third-order valence-corrected chi connectivity index (χ3v) is 0.718. The maximum absolute atomic E-state index is 4.72. The normalized spacial score (nSPS) is 6.18. The molecule has 0 nitrogen and oxygen atoms in total. The Balaban J connectivity index is 0. The standard InChI is InChI=1S/C6H5.C4H4.Rh/c1-2-4-6-5-3-1;1-3-4-2;/h1-5H;1-4H;/q-1;-2;+3. The Morgan fingerprint density at radius 1 is 0.909 bits per heavy atom. The van der Waals surface area contributed by atoms with Gasteiger partial charge in [-0.2, -0.15) is 36.4 Å². The van der Waals surface area contributed by atoms with Crippen molar-refractivity contribution < 1.29 is 19.5 Å². The molecule has 11 heavy (non-hydrogen) atoms. The van der Waals surface area contributed by atoms with Crippen molar-refractivity contribution in [2.75, 3.05) is 0 Å². The zero-order valence-electron chi connectivity index (χ0n) is 6.03. The predicted octanol–water partition coefficient (Wildman–Crippen LogP) is 2.45. The molecule has 0 atom stereocenters. The molecule has 0 N–H and O–H groups in total. The molecule has 1 heteroatoms. The second-order valence-electron chi connectivity index (χ2n) is 1.46. The number of rotatable bonds is 1. The monoisotopic (exact) mass is 232 g/mol. The van der Waals surface area contributed by atoms with Gasteiger partial charge in [-0.05, 0) is 0 Å². The zero-order chi connectivity index (χ0) is 7.66. The Bertz CT molecular complexity index is 135. The van der Waals surface area contributed by atoms with Crippen LogP contribution in [0.15, 0.2) is 42.5 Å². The molecule has 0 aromatic heterocycles. The first-order valence-corrected chi connectivity index (χ1v) is 2.91. The fourth-order valence-electron chi connectivity index (χ4n) is 0.342. The van der Waals surface area contributed by atoms with Crippen molar-refractivity contribution in [1.29, 1.82) is 0 Å². The van der Waals surface area contributed by atoms with Gasteiger partial charge in [-0.1, -0.05) is 0 Å². The predicted molar refractivity (Wildman–Crippen MR) is 43.0 cm³/mol. The van der Waals surface area contributed by atoms with Gasteiger partial charge in [0.15, 0.2) is 0 Å². The largest absolute Gasteiger partial charge is 3.00 e. The molecule has 0 heterocycles. The van der Waals surface area contributed by atoms with Crippen molar-refractivity contribution >= 4 is 0 Å². The molecule has 0 fully saturated rings. The van der Waals surface area contributed by atoms with E-state index in [2.05, 4.69) is 6.07 Å². The summed E-state index contributed by atoms with van der Waals surface area (Å²) in [4.78, 5) is 0. The van der Waals surface area contributed by atoms with E-state index in [0.29, 0.717) is 0 Å². The average molecular weight is 232 g/mol. The van der Waals surface area contributed by atoms with Crippen LogP contribution in [0.4, 0.5) is 0 Å². The Morgan fingerprint density at radius 3 is 1.45 bits per heavy atom. The number of hydrogen-bond acceptors (Lipinski definition) is 0. The van der Waals surface area contributed by atoms with Crippen molar-refractivity contribution in [1.82, 2.24) is 0 Å². The van der Waals surface area contributed by atoms with E-state index >= 15 is 0 Å². The summed E-state index contributed by atoms with van der Waals surface area (Å²) in [5, 5.41) is 0. The molecule has 0 aliphatic rings. The van der Waals surface area contributed by atoms with Crippen molar-refractivity contribution in [3.05, 3.63) is 61.7 Å². The molecule has 0 spiro atoms. The zero-order valence-corrected chi connectivity index (χ0v) is 7.67. The van der Waals surface area contributed by atoms with E-state index < -0.39 is 0 Å². The fourth-order valence-corrected chi connectivity index (χ4v) is 0.342. The molecular formula is C10H9Rh. The Kier molecular flexibility index (Phi) is 14.2. The minimum atomic E-state index is 0. The third kappa shape index (κ3) is 12.5. The van der Waals surface area contributed by atoms with E-state index in [1.54, 1.807) is 0 Å². The minimum absolute atomic E-state index is 0. The number of benzene rings is 1.